The van der Waals surface area contributed by atoms with Gasteiger partial charge in [0.2, 0.25) is 5.91 Å². The Bertz CT molecular complexity index is 499. The van der Waals surface area contributed by atoms with Crippen LogP contribution in [0.4, 0.5) is 0 Å². The average molecular weight is 282 g/mol. The van der Waals surface area contributed by atoms with E-state index in [0.29, 0.717) is 16.5 Å². The molecule has 1 aliphatic carbocycles. The van der Waals surface area contributed by atoms with Gasteiger partial charge in [0.25, 0.3) is 0 Å². The van der Waals surface area contributed by atoms with Crippen LogP contribution in [0, 0.1) is 11.8 Å². The molecule has 2 atom stereocenters. The molecule has 1 fully saturated rings. The summed E-state index contributed by atoms with van der Waals surface area (Å²) in [7, 11) is 0. The molecular weight excluding hydrogens is 266 g/mol. The summed E-state index contributed by atoms with van der Waals surface area (Å²) >= 11 is 5.99. The molecule has 0 spiro atoms. The first-order chi connectivity index (χ1) is 9.00. The molecular formula is C14H16ClNO3. The lowest BCUT2D eigenvalue weighted by Crippen LogP contribution is -2.37. The van der Waals surface area contributed by atoms with Crippen LogP contribution >= 0.6 is 11.6 Å². The number of hydrogen-bond donors (Lipinski definition) is 2. The van der Waals surface area contributed by atoms with Crippen LogP contribution in [0.15, 0.2) is 24.3 Å². The monoisotopic (exact) mass is 281 g/mol. The molecule has 5 heteroatoms. The molecule has 4 nitrogen and oxygen atoms in total. The number of halogens is 1. The summed E-state index contributed by atoms with van der Waals surface area (Å²) in [6, 6.07) is 5.56. The Balaban J connectivity index is 2.14. The molecule has 1 aromatic carbocycles. The fourth-order valence-corrected chi connectivity index (χ4v) is 2.31. The largest absolute Gasteiger partial charge is 0.479 e. The minimum atomic E-state index is -1.11. The Hall–Kier alpha value is -1.55. The van der Waals surface area contributed by atoms with E-state index in [2.05, 4.69) is 5.32 Å². The number of benzene rings is 1. The van der Waals surface area contributed by atoms with Gasteiger partial charge in [0.05, 0.1) is 0 Å². The average Bonchev–Trinajstić information content (AvgIpc) is 3.19. The van der Waals surface area contributed by atoms with Crippen LogP contribution in [0.25, 0.3) is 0 Å². The predicted octanol–water partition coefficient (Wildman–Crippen LogP) is 2.63. The van der Waals surface area contributed by atoms with Crippen molar-refractivity contribution in [2.24, 2.45) is 11.8 Å². The highest BCUT2D eigenvalue weighted by Gasteiger charge is 2.34. The van der Waals surface area contributed by atoms with E-state index in [-0.39, 0.29) is 11.8 Å². The van der Waals surface area contributed by atoms with Crippen molar-refractivity contribution in [1.29, 1.82) is 0 Å². The molecule has 0 aliphatic heterocycles. The van der Waals surface area contributed by atoms with E-state index < -0.39 is 12.0 Å². The first-order valence-corrected chi connectivity index (χ1v) is 6.66. The standard InChI is InChI=1S/C14H16ClNO3/c1-8(9-6-7-9)13(17)16-12(14(18)19)10-4-2-3-5-11(10)15/h2-5,8-9,12H,6-7H2,1H3,(H,16,17)(H,18,19)/t8?,12-/m1/s1. The number of carboxylic acids is 1. The van der Waals surface area contributed by atoms with Crippen LogP contribution < -0.4 is 5.32 Å². The second-order valence-electron chi connectivity index (χ2n) is 4.93. The van der Waals surface area contributed by atoms with Crippen molar-refractivity contribution in [3.05, 3.63) is 34.9 Å². The lowest BCUT2D eigenvalue weighted by Gasteiger charge is -2.18. The maximum atomic E-state index is 12.0. The van der Waals surface area contributed by atoms with E-state index in [1.54, 1.807) is 24.3 Å². The Labute approximate surface area is 116 Å². The molecule has 0 radical (unpaired) electrons. The second-order valence-corrected chi connectivity index (χ2v) is 5.33. The lowest BCUT2D eigenvalue weighted by molar-refractivity contribution is -0.142. The maximum absolute atomic E-state index is 12.0. The summed E-state index contributed by atoms with van der Waals surface area (Å²) in [5, 5.41) is 12.2. The summed E-state index contributed by atoms with van der Waals surface area (Å²) in [5.74, 6) is -1.09. The Morgan fingerprint density at radius 2 is 2.00 bits per heavy atom. The summed E-state index contributed by atoms with van der Waals surface area (Å²) in [5.41, 5.74) is 0.410. The van der Waals surface area contributed by atoms with Crippen LogP contribution in [0.3, 0.4) is 0 Å². The summed E-state index contributed by atoms with van der Waals surface area (Å²) < 4.78 is 0. The van der Waals surface area contributed by atoms with Gasteiger partial charge in [0.1, 0.15) is 0 Å². The molecule has 1 aliphatic rings. The molecule has 2 rings (SSSR count). The van der Waals surface area contributed by atoms with Crippen LogP contribution in [0.5, 0.6) is 0 Å². The Kier molecular flexibility index (Phi) is 4.10. The summed E-state index contributed by atoms with van der Waals surface area (Å²) in [6.45, 7) is 1.83. The highest BCUT2D eigenvalue weighted by molar-refractivity contribution is 6.31. The van der Waals surface area contributed by atoms with Crippen LogP contribution in [0.1, 0.15) is 31.4 Å². The number of carbonyl (C=O) groups is 2. The number of nitrogens with one attached hydrogen (secondary N) is 1. The van der Waals surface area contributed by atoms with Gasteiger partial charge < -0.3 is 10.4 Å². The topological polar surface area (TPSA) is 66.4 Å². The van der Waals surface area contributed by atoms with Gasteiger partial charge in [0.15, 0.2) is 6.04 Å². The van der Waals surface area contributed by atoms with E-state index in [0.717, 1.165) is 12.8 Å². The fraction of sp³-hybridized carbons (Fsp3) is 0.429. The number of rotatable bonds is 5. The van der Waals surface area contributed by atoms with Gasteiger partial charge in [-0.1, -0.05) is 36.7 Å². The van der Waals surface area contributed by atoms with E-state index in [1.165, 1.54) is 0 Å². The van der Waals surface area contributed by atoms with Crippen molar-refractivity contribution in [3.8, 4) is 0 Å². The van der Waals surface area contributed by atoms with Crippen molar-refractivity contribution in [3.63, 3.8) is 0 Å². The predicted molar refractivity (Wildman–Crippen MR) is 71.9 cm³/mol. The first-order valence-electron chi connectivity index (χ1n) is 6.28. The third-order valence-corrected chi connectivity index (χ3v) is 3.84. The van der Waals surface area contributed by atoms with E-state index in [1.807, 2.05) is 6.92 Å². The normalized spacial score (nSPS) is 17.6. The van der Waals surface area contributed by atoms with Gasteiger partial charge in [-0.3, -0.25) is 4.79 Å². The fourth-order valence-electron chi connectivity index (χ4n) is 2.07. The molecule has 0 heterocycles. The number of carboxylic acid groups (broad SMARTS) is 1. The molecule has 1 aromatic rings. The van der Waals surface area contributed by atoms with Gasteiger partial charge in [-0.05, 0) is 24.8 Å². The molecule has 19 heavy (non-hydrogen) atoms. The molecule has 1 unspecified atom stereocenters. The number of aliphatic carboxylic acids is 1. The zero-order chi connectivity index (χ0) is 14.0. The van der Waals surface area contributed by atoms with Gasteiger partial charge >= 0.3 is 5.97 Å². The molecule has 0 aromatic heterocycles. The number of carbonyl (C=O) groups excluding carboxylic acids is 1. The summed E-state index contributed by atoms with van der Waals surface area (Å²) in [4.78, 5) is 23.3. The van der Waals surface area contributed by atoms with Crippen molar-refractivity contribution >= 4 is 23.5 Å². The molecule has 2 N–H and O–H groups in total. The van der Waals surface area contributed by atoms with Crippen LogP contribution in [-0.2, 0) is 9.59 Å². The highest BCUT2D eigenvalue weighted by Crippen LogP contribution is 2.37. The number of hydrogen-bond acceptors (Lipinski definition) is 2. The lowest BCUT2D eigenvalue weighted by atomic mass is 10.0. The molecule has 102 valence electrons. The van der Waals surface area contributed by atoms with Crippen LogP contribution in [-0.4, -0.2) is 17.0 Å². The quantitative estimate of drug-likeness (QED) is 0.872. The van der Waals surface area contributed by atoms with E-state index >= 15 is 0 Å². The summed E-state index contributed by atoms with van der Waals surface area (Å²) in [6.07, 6.45) is 2.08. The molecule has 0 saturated heterocycles. The first kappa shape index (κ1) is 13.9. The van der Waals surface area contributed by atoms with Crippen LogP contribution in [0.2, 0.25) is 5.02 Å². The minimum Gasteiger partial charge on any atom is -0.479 e. The van der Waals surface area contributed by atoms with Gasteiger partial charge in [-0.2, -0.15) is 0 Å². The number of amides is 1. The van der Waals surface area contributed by atoms with Crippen molar-refractivity contribution in [2.75, 3.05) is 0 Å². The molecule has 1 saturated carbocycles. The van der Waals surface area contributed by atoms with Gasteiger partial charge in [-0.15, -0.1) is 0 Å². The second kappa shape index (κ2) is 5.61. The third-order valence-electron chi connectivity index (χ3n) is 3.49. The Morgan fingerprint density at radius 1 is 1.37 bits per heavy atom. The maximum Gasteiger partial charge on any atom is 0.330 e. The SMILES string of the molecule is CC(C(=O)N[C@@H](C(=O)O)c1ccccc1Cl)C1CC1. The third kappa shape index (κ3) is 3.26. The van der Waals surface area contributed by atoms with Gasteiger partial charge in [0, 0.05) is 16.5 Å². The zero-order valence-corrected chi connectivity index (χ0v) is 11.4. The molecule has 1 amide bonds. The van der Waals surface area contributed by atoms with Gasteiger partial charge in [-0.25, -0.2) is 4.79 Å². The Morgan fingerprint density at radius 3 is 2.53 bits per heavy atom. The smallest absolute Gasteiger partial charge is 0.330 e. The highest BCUT2D eigenvalue weighted by atomic mass is 35.5. The van der Waals surface area contributed by atoms with Crippen molar-refractivity contribution in [2.45, 2.75) is 25.8 Å². The zero-order valence-electron chi connectivity index (χ0n) is 10.6. The molecule has 0 bridgehead atoms. The van der Waals surface area contributed by atoms with Crippen molar-refractivity contribution < 1.29 is 14.7 Å². The van der Waals surface area contributed by atoms with E-state index in [4.69, 9.17) is 11.6 Å². The van der Waals surface area contributed by atoms with E-state index in [9.17, 15) is 14.7 Å². The minimum absolute atomic E-state index is 0.149. The van der Waals surface area contributed by atoms with Crippen molar-refractivity contribution in [1.82, 2.24) is 5.32 Å².